The van der Waals surface area contributed by atoms with E-state index in [2.05, 4.69) is 14.5 Å². The molecule has 4 fully saturated rings. The molecule has 42 heavy (non-hydrogen) atoms. The lowest BCUT2D eigenvalue weighted by Gasteiger charge is -2.25. The number of nitrogens with zero attached hydrogens (tertiary/aromatic N) is 4. The third kappa shape index (κ3) is 5.77. The van der Waals surface area contributed by atoms with Crippen LogP contribution in [-0.2, 0) is 41.9 Å². The fourth-order valence-corrected chi connectivity index (χ4v) is 6.95. The van der Waals surface area contributed by atoms with Gasteiger partial charge in [-0.05, 0) is 34.1 Å². The van der Waals surface area contributed by atoms with Crippen LogP contribution < -0.4 is 5.56 Å². The largest absolute Gasteiger partial charge is 0.469 e. The van der Waals surface area contributed by atoms with Crippen LogP contribution in [0.4, 0.5) is 0 Å². The standard InChI is InChI=1S/C22H32N4O14P2/c1-21(2)37-14-10(6-34-41(28,29)30)5-11(15(14)38-21)25-9-24-18-13(19(25)27)23-8-26(18)20-17-16(39-22(3,4)40-17)12(36-20)7-35-42(31,32)33/h8-12,14-17,20H,5-7H2,1-4H3,(H2,28,29,30)(H2,31,32,33)/t10-,11-,12-,14-,15+,16-,17-,20-/m1/s1. The quantitative estimate of drug-likeness (QED) is 0.285. The molecule has 3 aliphatic heterocycles. The second-order valence-electron chi connectivity index (χ2n) is 11.6. The van der Waals surface area contributed by atoms with Crippen molar-refractivity contribution in [3.05, 3.63) is 23.0 Å². The Morgan fingerprint density at radius 1 is 0.857 bits per heavy atom. The minimum Gasteiger partial charge on any atom is -0.347 e. The first kappa shape index (κ1) is 30.4. The van der Waals surface area contributed by atoms with Gasteiger partial charge < -0.3 is 43.3 Å². The third-order valence-corrected chi connectivity index (χ3v) is 8.65. The Morgan fingerprint density at radius 3 is 2.10 bits per heavy atom. The van der Waals surface area contributed by atoms with E-state index in [1.54, 1.807) is 27.7 Å². The molecule has 8 atom stereocenters. The van der Waals surface area contributed by atoms with E-state index in [1.165, 1.54) is 21.8 Å². The highest BCUT2D eigenvalue weighted by Gasteiger charge is 2.57. The molecule has 3 saturated heterocycles. The molecule has 0 bridgehead atoms. The molecule has 1 saturated carbocycles. The molecule has 4 N–H and O–H groups in total. The van der Waals surface area contributed by atoms with Crippen molar-refractivity contribution in [3.8, 4) is 0 Å². The zero-order valence-corrected chi connectivity index (χ0v) is 24.7. The number of ether oxygens (including phenoxy) is 5. The van der Waals surface area contributed by atoms with Crippen LogP contribution in [0.1, 0.15) is 46.4 Å². The van der Waals surface area contributed by atoms with Crippen molar-refractivity contribution >= 4 is 26.8 Å². The zero-order valence-electron chi connectivity index (χ0n) is 22.9. The summed E-state index contributed by atoms with van der Waals surface area (Å²) in [5.41, 5.74) is -0.313. The maximum absolute atomic E-state index is 13.7. The summed E-state index contributed by atoms with van der Waals surface area (Å²) in [5.74, 6) is -2.50. The van der Waals surface area contributed by atoms with Crippen molar-refractivity contribution in [3.63, 3.8) is 0 Å². The number of hydrogen-bond donors (Lipinski definition) is 4. The highest BCUT2D eigenvalue weighted by Crippen LogP contribution is 2.49. The first-order valence-corrected chi connectivity index (χ1v) is 16.2. The van der Waals surface area contributed by atoms with Crippen molar-refractivity contribution in [1.82, 2.24) is 19.1 Å². The predicted molar refractivity (Wildman–Crippen MR) is 136 cm³/mol. The van der Waals surface area contributed by atoms with Crippen LogP contribution >= 0.6 is 15.6 Å². The van der Waals surface area contributed by atoms with Crippen LogP contribution in [0, 0.1) is 5.92 Å². The molecule has 2 aromatic rings. The van der Waals surface area contributed by atoms with Gasteiger partial charge in [-0.3, -0.25) is 23.0 Å². The number of phosphoric acid groups is 2. The maximum Gasteiger partial charge on any atom is 0.469 e. The lowest BCUT2D eigenvalue weighted by Crippen LogP contribution is -2.34. The second kappa shape index (κ2) is 10.2. The van der Waals surface area contributed by atoms with E-state index < -0.39 is 88.1 Å². The van der Waals surface area contributed by atoms with Crippen LogP contribution in [0.25, 0.3) is 11.2 Å². The van der Waals surface area contributed by atoms with E-state index in [-0.39, 0.29) is 24.2 Å². The summed E-state index contributed by atoms with van der Waals surface area (Å²) in [6, 6.07) is -0.592. The van der Waals surface area contributed by atoms with Crippen molar-refractivity contribution < 1.29 is 61.4 Å². The lowest BCUT2D eigenvalue weighted by molar-refractivity contribution is -0.199. The van der Waals surface area contributed by atoms with E-state index in [0.717, 1.165) is 0 Å². The number of hydrogen-bond acceptors (Lipinski definition) is 12. The highest BCUT2D eigenvalue weighted by molar-refractivity contribution is 7.46. The Bertz CT molecular complexity index is 1520. The summed E-state index contributed by atoms with van der Waals surface area (Å²) in [6.45, 7) is 6.03. The molecular formula is C22H32N4O14P2. The second-order valence-corrected chi connectivity index (χ2v) is 14.1. The molecule has 0 aromatic carbocycles. The van der Waals surface area contributed by atoms with Crippen molar-refractivity contribution in [1.29, 1.82) is 0 Å². The van der Waals surface area contributed by atoms with E-state index in [9.17, 15) is 23.7 Å². The number of fused-ring (bicyclic) bond motifs is 3. The molecule has 18 nitrogen and oxygen atoms in total. The zero-order chi connectivity index (χ0) is 30.4. The summed E-state index contributed by atoms with van der Waals surface area (Å²) in [5, 5.41) is 0. The topological polar surface area (TPSA) is 232 Å². The molecule has 20 heteroatoms. The molecule has 5 heterocycles. The van der Waals surface area contributed by atoms with Gasteiger partial charge in [0.15, 0.2) is 29.0 Å². The van der Waals surface area contributed by atoms with Crippen LogP contribution in [0.3, 0.4) is 0 Å². The lowest BCUT2D eigenvalue weighted by atomic mass is 10.1. The van der Waals surface area contributed by atoms with Gasteiger partial charge in [0.1, 0.15) is 30.7 Å². The Labute approximate surface area is 238 Å². The number of aromatic nitrogens is 4. The summed E-state index contributed by atoms with van der Waals surface area (Å²) in [4.78, 5) is 59.2. The van der Waals surface area contributed by atoms with Crippen LogP contribution in [0.2, 0.25) is 0 Å². The van der Waals surface area contributed by atoms with E-state index >= 15 is 0 Å². The molecule has 234 valence electrons. The molecular weight excluding hydrogens is 606 g/mol. The summed E-state index contributed by atoms with van der Waals surface area (Å²) in [7, 11) is -9.51. The molecule has 6 rings (SSSR count). The first-order chi connectivity index (χ1) is 19.4. The molecule has 0 spiro atoms. The Balaban J connectivity index is 1.30. The SMILES string of the molecule is CC1(C)O[C@@H]2[C@@H](COP(=O)(O)O)C[C@@H](n3cnc4c(ncn4[C@@H]4O[C@H](COP(=O)(O)O)[C@H]5OC(C)(C)O[C@H]54)c3=O)[C@@H]2O1. The van der Waals surface area contributed by atoms with Gasteiger partial charge in [0.2, 0.25) is 0 Å². The molecule has 1 aliphatic carbocycles. The number of imidazole rings is 1. The summed E-state index contributed by atoms with van der Waals surface area (Å²) >= 11 is 0. The summed E-state index contributed by atoms with van der Waals surface area (Å²) < 4.78 is 65.0. The molecule has 2 aromatic heterocycles. The maximum atomic E-state index is 13.7. The van der Waals surface area contributed by atoms with Gasteiger partial charge in [0.25, 0.3) is 5.56 Å². The van der Waals surface area contributed by atoms with Crippen LogP contribution in [0.15, 0.2) is 17.4 Å². The molecule has 0 unspecified atom stereocenters. The third-order valence-electron chi connectivity index (χ3n) is 7.68. The molecule has 0 amide bonds. The van der Waals surface area contributed by atoms with Crippen molar-refractivity contribution in [2.45, 2.75) is 88.5 Å². The van der Waals surface area contributed by atoms with Crippen molar-refractivity contribution in [2.75, 3.05) is 13.2 Å². The minimum atomic E-state index is -4.78. The summed E-state index contributed by atoms with van der Waals surface area (Å²) in [6.07, 6.45) is -1.54. The van der Waals surface area contributed by atoms with Gasteiger partial charge in [-0.1, -0.05) is 0 Å². The highest BCUT2D eigenvalue weighted by atomic mass is 31.2. The number of rotatable bonds is 8. The predicted octanol–water partition coefficient (Wildman–Crippen LogP) is 0.310. The molecule has 4 aliphatic rings. The Hall–Kier alpha value is -1.63. The van der Waals surface area contributed by atoms with E-state index in [1.807, 2.05) is 0 Å². The minimum absolute atomic E-state index is 0.00962. The Kier molecular flexibility index (Phi) is 7.39. The van der Waals surface area contributed by atoms with Gasteiger partial charge in [-0.2, -0.15) is 0 Å². The van der Waals surface area contributed by atoms with Gasteiger partial charge in [-0.15, -0.1) is 0 Å². The monoisotopic (exact) mass is 638 g/mol. The number of phosphoric ester groups is 2. The van der Waals surface area contributed by atoms with Crippen LogP contribution in [-0.4, -0.2) is 94.0 Å². The average molecular weight is 638 g/mol. The first-order valence-electron chi connectivity index (χ1n) is 13.1. The van der Waals surface area contributed by atoms with E-state index in [0.29, 0.717) is 0 Å². The van der Waals surface area contributed by atoms with Crippen LogP contribution in [0.5, 0.6) is 0 Å². The van der Waals surface area contributed by atoms with Gasteiger partial charge in [0, 0.05) is 5.92 Å². The van der Waals surface area contributed by atoms with Gasteiger partial charge in [-0.25, -0.2) is 19.1 Å². The van der Waals surface area contributed by atoms with Crippen molar-refractivity contribution in [2.24, 2.45) is 5.92 Å². The van der Waals surface area contributed by atoms with E-state index in [4.69, 9.17) is 38.0 Å². The average Bonchev–Trinajstić information content (AvgIpc) is 3.62. The fourth-order valence-electron chi connectivity index (χ4n) is 6.22. The fraction of sp³-hybridized carbons (Fsp3) is 0.773. The smallest absolute Gasteiger partial charge is 0.347 e. The Morgan fingerprint density at radius 2 is 1.43 bits per heavy atom. The van der Waals surface area contributed by atoms with Gasteiger partial charge in [0.05, 0.1) is 31.7 Å². The molecule has 0 radical (unpaired) electrons. The van der Waals surface area contributed by atoms with Gasteiger partial charge >= 0.3 is 15.6 Å². The normalized spacial score (nSPS) is 35.6.